The Labute approximate surface area is 118 Å². The normalized spacial score (nSPS) is 11.1. The molecule has 7 nitrogen and oxygen atoms in total. The Kier molecular flexibility index (Phi) is 4.12. The number of fused-ring (bicyclic) bond motifs is 1. The van der Waals surface area contributed by atoms with E-state index in [4.69, 9.17) is 5.26 Å². The zero-order valence-electron chi connectivity index (χ0n) is 10.4. The number of nitriles is 1. The molecule has 0 spiro atoms. The number of aromatic nitrogens is 1. The summed E-state index contributed by atoms with van der Waals surface area (Å²) in [4.78, 5) is 18.8. The molecule has 8 heteroatoms. The number of pyridine rings is 1. The van der Waals surface area contributed by atoms with Crippen LogP contribution >= 0.6 is 11.8 Å². The molecule has 1 N–H and O–H groups in total. The Hall–Kier alpha value is -2.66. The summed E-state index contributed by atoms with van der Waals surface area (Å²) in [5.41, 5.74) is 0.520. The average molecular weight is 287 g/mol. The fourth-order valence-corrected chi connectivity index (χ4v) is 2.04. The predicted octanol–water partition coefficient (Wildman–Crippen LogP) is 2.56. The standard InChI is InChI=1S/C12H9N5O2S/c1-20-12(15-7-13)16-10-2-3-11(17(18)19)8-4-5-14-6-9(8)10/h2-6H,1H3,(H,15,16). The molecule has 0 unspecified atom stereocenters. The fraction of sp³-hybridized carbons (Fsp3) is 0.0833. The summed E-state index contributed by atoms with van der Waals surface area (Å²) in [5.74, 6) is 0. The summed E-state index contributed by atoms with van der Waals surface area (Å²) in [6, 6.07) is 4.51. The number of nitro benzene ring substituents is 1. The highest BCUT2D eigenvalue weighted by Gasteiger charge is 2.14. The van der Waals surface area contributed by atoms with Crippen molar-refractivity contribution in [2.45, 2.75) is 0 Å². The van der Waals surface area contributed by atoms with Crippen molar-refractivity contribution in [1.29, 1.82) is 5.26 Å². The van der Waals surface area contributed by atoms with Crippen molar-refractivity contribution in [3.63, 3.8) is 0 Å². The SMILES string of the molecule is CSC(=Nc1ccc([N+](=O)[O-])c2ccncc12)NC#N. The summed E-state index contributed by atoms with van der Waals surface area (Å²) in [6.07, 6.45) is 6.58. The van der Waals surface area contributed by atoms with Gasteiger partial charge in [0.1, 0.15) is 0 Å². The maximum Gasteiger partial charge on any atom is 0.277 e. The Bertz CT molecular complexity index is 738. The van der Waals surface area contributed by atoms with Crippen LogP contribution in [0.25, 0.3) is 10.8 Å². The van der Waals surface area contributed by atoms with Gasteiger partial charge in [0.05, 0.1) is 16.0 Å². The summed E-state index contributed by atoms with van der Waals surface area (Å²) < 4.78 is 0. The maximum atomic E-state index is 11.0. The largest absolute Gasteiger partial charge is 0.277 e. The number of non-ortho nitro benzene ring substituents is 1. The summed E-state index contributed by atoms with van der Waals surface area (Å²) in [7, 11) is 0. The van der Waals surface area contributed by atoms with Crippen LogP contribution in [0, 0.1) is 21.6 Å². The van der Waals surface area contributed by atoms with Gasteiger partial charge in [-0.2, -0.15) is 5.26 Å². The van der Waals surface area contributed by atoms with Crippen LogP contribution in [0.15, 0.2) is 35.6 Å². The van der Waals surface area contributed by atoms with Crippen LogP contribution in [-0.4, -0.2) is 21.3 Å². The molecule has 0 aliphatic rings. The second-order valence-electron chi connectivity index (χ2n) is 3.64. The highest BCUT2D eigenvalue weighted by molar-refractivity contribution is 8.13. The molecule has 1 heterocycles. The molecule has 1 aromatic heterocycles. The molecule has 0 bridgehead atoms. The molecule has 0 saturated heterocycles. The molecule has 0 fully saturated rings. The van der Waals surface area contributed by atoms with E-state index in [1.165, 1.54) is 36.3 Å². The van der Waals surface area contributed by atoms with Crippen LogP contribution in [0.3, 0.4) is 0 Å². The molecule has 0 amide bonds. The highest BCUT2D eigenvalue weighted by atomic mass is 32.2. The third-order valence-electron chi connectivity index (χ3n) is 2.55. The first-order chi connectivity index (χ1) is 9.67. The minimum Gasteiger partial charge on any atom is -0.271 e. The van der Waals surface area contributed by atoms with E-state index in [-0.39, 0.29) is 5.69 Å². The molecular weight excluding hydrogens is 278 g/mol. The van der Waals surface area contributed by atoms with E-state index in [2.05, 4.69) is 15.3 Å². The zero-order valence-corrected chi connectivity index (χ0v) is 11.2. The van der Waals surface area contributed by atoms with Gasteiger partial charge in [-0.25, -0.2) is 4.99 Å². The van der Waals surface area contributed by atoms with Gasteiger partial charge in [0, 0.05) is 23.8 Å². The zero-order chi connectivity index (χ0) is 14.5. The van der Waals surface area contributed by atoms with Crippen molar-refractivity contribution in [1.82, 2.24) is 10.3 Å². The maximum absolute atomic E-state index is 11.0. The second kappa shape index (κ2) is 5.99. The van der Waals surface area contributed by atoms with Crippen LogP contribution in [0.2, 0.25) is 0 Å². The number of nitrogens with one attached hydrogen (secondary N) is 1. The lowest BCUT2D eigenvalue weighted by Gasteiger charge is -2.04. The monoisotopic (exact) mass is 287 g/mol. The number of hydrogen-bond acceptors (Lipinski definition) is 6. The molecule has 1 aromatic carbocycles. The van der Waals surface area contributed by atoms with Crippen molar-refractivity contribution >= 4 is 39.1 Å². The third-order valence-corrected chi connectivity index (χ3v) is 3.13. The Morgan fingerprint density at radius 3 is 2.95 bits per heavy atom. The number of rotatable bonds is 2. The van der Waals surface area contributed by atoms with Gasteiger partial charge in [-0.15, -0.1) is 0 Å². The van der Waals surface area contributed by atoms with Crippen molar-refractivity contribution in [3.8, 4) is 6.19 Å². The van der Waals surface area contributed by atoms with E-state index in [0.717, 1.165) is 0 Å². The minimum atomic E-state index is -0.446. The van der Waals surface area contributed by atoms with Crippen molar-refractivity contribution in [2.75, 3.05) is 6.26 Å². The lowest BCUT2D eigenvalue weighted by Crippen LogP contribution is -2.12. The number of aliphatic imine (C=N–C) groups is 1. The first-order valence-electron chi connectivity index (χ1n) is 5.46. The summed E-state index contributed by atoms with van der Waals surface area (Å²) >= 11 is 1.27. The number of hydrogen-bond donors (Lipinski definition) is 1. The quantitative estimate of drug-likeness (QED) is 0.227. The second-order valence-corrected chi connectivity index (χ2v) is 4.44. The Morgan fingerprint density at radius 2 is 2.30 bits per heavy atom. The number of thioether (sulfide) groups is 1. The molecule has 0 saturated carbocycles. The van der Waals surface area contributed by atoms with Gasteiger partial charge in [0.2, 0.25) is 0 Å². The van der Waals surface area contributed by atoms with Crippen LogP contribution in [0.1, 0.15) is 0 Å². The van der Waals surface area contributed by atoms with Crippen LogP contribution < -0.4 is 5.32 Å². The lowest BCUT2D eigenvalue weighted by atomic mass is 10.1. The molecule has 0 aliphatic heterocycles. The first-order valence-corrected chi connectivity index (χ1v) is 6.68. The Balaban J connectivity index is 2.65. The van der Waals surface area contributed by atoms with E-state index in [1.807, 2.05) is 0 Å². The van der Waals surface area contributed by atoms with Gasteiger partial charge in [-0.1, -0.05) is 11.8 Å². The van der Waals surface area contributed by atoms with Crippen molar-refractivity contribution < 1.29 is 4.92 Å². The van der Waals surface area contributed by atoms with Crippen LogP contribution in [0.4, 0.5) is 11.4 Å². The minimum absolute atomic E-state index is 0.000272. The molecule has 20 heavy (non-hydrogen) atoms. The molecule has 2 aromatic rings. The van der Waals surface area contributed by atoms with Gasteiger partial charge in [0.25, 0.3) is 5.69 Å². The topological polar surface area (TPSA) is 104 Å². The van der Waals surface area contributed by atoms with Gasteiger partial charge in [-0.05, 0) is 18.4 Å². The Morgan fingerprint density at radius 1 is 1.50 bits per heavy atom. The molecule has 0 atom stereocenters. The summed E-state index contributed by atoms with van der Waals surface area (Å²) in [6.45, 7) is 0. The summed E-state index contributed by atoms with van der Waals surface area (Å²) in [5, 5.41) is 23.5. The van der Waals surface area contributed by atoms with Crippen LogP contribution in [0.5, 0.6) is 0 Å². The number of benzene rings is 1. The first kappa shape index (κ1) is 13.8. The molecule has 0 aliphatic carbocycles. The van der Waals surface area contributed by atoms with E-state index in [9.17, 15) is 10.1 Å². The molecule has 2 rings (SSSR count). The average Bonchev–Trinajstić information content (AvgIpc) is 2.46. The third kappa shape index (κ3) is 2.67. The number of amidine groups is 1. The molecular formula is C12H9N5O2S. The highest BCUT2D eigenvalue weighted by Crippen LogP contribution is 2.32. The number of nitro groups is 1. The lowest BCUT2D eigenvalue weighted by molar-refractivity contribution is -0.383. The van der Waals surface area contributed by atoms with E-state index in [1.54, 1.807) is 18.5 Å². The number of nitrogens with zero attached hydrogens (tertiary/aromatic N) is 4. The molecule has 100 valence electrons. The van der Waals surface area contributed by atoms with Gasteiger partial charge >= 0.3 is 0 Å². The van der Waals surface area contributed by atoms with Crippen LogP contribution in [-0.2, 0) is 0 Å². The fourth-order valence-electron chi connectivity index (χ4n) is 1.70. The van der Waals surface area contributed by atoms with Gasteiger partial charge < -0.3 is 0 Å². The molecule has 0 radical (unpaired) electrons. The predicted molar refractivity (Wildman–Crippen MR) is 77.8 cm³/mol. The van der Waals surface area contributed by atoms with Crippen molar-refractivity contribution in [3.05, 3.63) is 40.7 Å². The van der Waals surface area contributed by atoms with E-state index < -0.39 is 4.92 Å². The van der Waals surface area contributed by atoms with E-state index in [0.29, 0.717) is 21.6 Å². The smallest absolute Gasteiger partial charge is 0.271 e. The van der Waals surface area contributed by atoms with E-state index >= 15 is 0 Å². The van der Waals surface area contributed by atoms with Crippen molar-refractivity contribution in [2.24, 2.45) is 4.99 Å². The van der Waals surface area contributed by atoms with Gasteiger partial charge in [-0.3, -0.25) is 20.4 Å². The van der Waals surface area contributed by atoms with Gasteiger partial charge in [0.15, 0.2) is 11.4 Å².